The van der Waals surface area contributed by atoms with Crippen molar-refractivity contribution in [1.29, 1.82) is 0 Å². The van der Waals surface area contributed by atoms with Crippen molar-refractivity contribution >= 4 is 32.8 Å². The van der Waals surface area contributed by atoms with Crippen LogP contribution in [-0.2, 0) is 23.1 Å². The van der Waals surface area contributed by atoms with Crippen LogP contribution in [0.4, 0.5) is 5.82 Å². The highest BCUT2D eigenvalue weighted by Gasteiger charge is 2.26. The van der Waals surface area contributed by atoms with E-state index in [1.807, 2.05) is 12.1 Å². The van der Waals surface area contributed by atoms with E-state index < -0.39 is 10.0 Å². The number of fused-ring (bicyclic) bond motifs is 1. The van der Waals surface area contributed by atoms with Crippen molar-refractivity contribution in [3.05, 3.63) is 66.5 Å². The van der Waals surface area contributed by atoms with Gasteiger partial charge in [-0.2, -0.15) is 9.40 Å². The third-order valence-corrected chi connectivity index (χ3v) is 8.04. The normalized spacial score (nSPS) is 14.7. The van der Waals surface area contributed by atoms with Crippen molar-refractivity contribution in [1.82, 2.24) is 29.4 Å². The van der Waals surface area contributed by atoms with Crippen LogP contribution in [-0.4, -0.2) is 58.0 Å². The number of furan rings is 1. The largest absolute Gasteiger partial charge is 0.467 e. The lowest BCUT2D eigenvalue weighted by molar-refractivity contribution is 0.0952. The van der Waals surface area contributed by atoms with E-state index in [1.54, 1.807) is 29.3 Å². The molecule has 0 unspecified atom stereocenters. The second-order valence-corrected chi connectivity index (χ2v) is 10.4. The SMILES string of the molecule is O=C(NCCn1ncc2c(NCc3ccco3)ncnc21)c1ccc(S(=O)(=O)N2CCCCC2)cc1. The summed E-state index contributed by atoms with van der Waals surface area (Å²) in [6.07, 6.45) is 7.56. The molecule has 1 amide bonds. The molecular formula is C24H27N7O4S. The molecule has 11 nitrogen and oxygen atoms in total. The summed E-state index contributed by atoms with van der Waals surface area (Å²) in [5.74, 6) is 1.14. The number of aromatic nitrogens is 4. The number of carbonyl (C=O) groups is 1. The molecule has 3 aromatic heterocycles. The predicted octanol–water partition coefficient (Wildman–Crippen LogP) is 2.64. The summed E-state index contributed by atoms with van der Waals surface area (Å²) < 4.78 is 34.1. The van der Waals surface area contributed by atoms with Crippen LogP contribution in [0.1, 0.15) is 35.4 Å². The minimum Gasteiger partial charge on any atom is -0.467 e. The minimum atomic E-state index is -3.52. The number of amides is 1. The second kappa shape index (κ2) is 10.5. The Morgan fingerprint density at radius 3 is 2.61 bits per heavy atom. The smallest absolute Gasteiger partial charge is 0.251 e. The number of carbonyl (C=O) groups excluding carboxylic acids is 1. The van der Waals surface area contributed by atoms with Crippen molar-refractivity contribution in [2.24, 2.45) is 0 Å². The molecule has 5 rings (SSSR count). The molecule has 1 fully saturated rings. The van der Waals surface area contributed by atoms with Crippen LogP contribution in [0.2, 0.25) is 0 Å². The maximum absolute atomic E-state index is 12.8. The number of rotatable bonds is 9. The van der Waals surface area contributed by atoms with Gasteiger partial charge in [-0.1, -0.05) is 6.42 Å². The molecule has 1 aliphatic heterocycles. The lowest BCUT2D eigenvalue weighted by Crippen LogP contribution is -2.35. The molecule has 0 saturated carbocycles. The summed E-state index contributed by atoms with van der Waals surface area (Å²) >= 11 is 0. The number of hydrogen-bond acceptors (Lipinski definition) is 8. The fraction of sp³-hybridized carbons (Fsp3) is 0.333. The van der Waals surface area contributed by atoms with E-state index in [1.165, 1.54) is 22.8 Å². The highest BCUT2D eigenvalue weighted by molar-refractivity contribution is 7.89. The van der Waals surface area contributed by atoms with Gasteiger partial charge in [0.2, 0.25) is 10.0 Å². The van der Waals surface area contributed by atoms with Gasteiger partial charge in [-0.25, -0.2) is 23.1 Å². The predicted molar refractivity (Wildman–Crippen MR) is 133 cm³/mol. The first-order valence-corrected chi connectivity index (χ1v) is 13.3. The Morgan fingerprint density at radius 2 is 1.86 bits per heavy atom. The highest BCUT2D eigenvalue weighted by Crippen LogP contribution is 2.21. The quantitative estimate of drug-likeness (QED) is 0.352. The molecule has 1 saturated heterocycles. The summed E-state index contributed by atoms with van der Waals surface area (Å²) in [7, 11) is -3.52. The molecule has 36 heavy (non-hydrogen) atoms. The van der Waals surface area contributed by atoms with Gasteiger partial charge < -0.3 is 15.1 Å². The van der Waals surface area contributed by atoms with Crippen molar-refractivity contribution < 1.29 is 17.6 Å². The zero-order chi connectivity index (χ0) is 25.0. The number of benzene rings is 1. The molecule has 4 heterocycles. The second-order valence-electron chi connectivity index (χ2n) is 8.51. The molecule has 0 aliphatic carbocycles. The Morgan fingerprint density at radius 1 is 1.06 bits per heavy atom. The van der Waals surface area contributed by atoms with Crippen molar-refractivity contribution in [2.45, 2.75) is 37.2 Å². The van der Waals surface area contributed by atoms with Crippen LogP contribution >= 0.6 is 0 Å². The van der Waals surface area contributed by atoms with Gasteiger partial charge in [0, 0.05) is 25.2 Å². The molecule has 2 N–H and O–H groups in total. The van der Waals surface area contributed by atoms with Crippen molar-refractivity contribution in [3.63, 3.8) is 0 Å². The minimum absolute atomic E-state index is 0.208. The maximum Gasteiger partial charge on any atom is 0.251 e. The first kappa shape index (κ1) is 23.9. The Hall–Kier alpha value is -3.77. The standard InChI is InChI=1S/C24H27N7O4S/c32-24(18-6-8-20(9-7-18)36(33,34)30-11-2-1-3-12-30)25-10-13-31-23-21(16-29-31)22(27-17-28-23)26-15-19-5-4-14-35-19/h4-9,14,16-17H,1-3,10-13,15H2,(H,25,32)(H,26,27,28). The van der Waals surface area contributed by atoms with Gasteiger partial charge in [0.25, 0.3) is 5.91 Å². The molecule has 1 aliphatic rings. The van der Waals surface area contributed by atoms with E-state index in [9.17, 15) is 13.2 Å². The summed E-state index contributed by atoms with van der Waals surface area (Å²) in [4.78, 5) is 21.4. The van der Waals surface area contributed by atoms with Crippen LogP contribution in [0.15, 0.2) is 64.5 Å². The van der Waals surface area contributed by atoms with Gasteiger partial charge >= 0.3 is 0 Å². The van der Waals surface area contributed by atoms with Gasteiger partial charge in [-0.15, -0.1) is 0 Å². The van der Waals surface area contributed by atoms with E-state index in [4.69, 9.17) is 4.42 Å². The summed E-state index contributed by atoms with van der Waals surface area (Å²) in [5, 5.41) is 11.2. The van der Waals surface area contributed by atoms with Crippen molar-refractivity contribution in [2.75, 3.05) is 25.0 Å². The van der Waals surface area contributed by atoms with Gasteiger partial charge in [0.15, 0.2) is 5.65 Å². The summed E-state index contributed by atoms with van der Waals surface area (Å²) in [5.41, 5.74) is 1.04. The fourth-order valence-electron chi connectivity index (χ4n) is 4.19. The van der Waals surface area contributed by atoms with E-state index in [0.29, 0.717) is 49.8 Å². The van der Waals surface area contributed by atoms with Crippen molar-refractivity contribution in [3.8, 4) is 0 Å². The summed E-state index contributed by atoms with van der Waals surface area (Å²) in [6.45, 7) is 2.30. The third kappa shape index (κ3) is 5.09. The zero-order valence-electron chi connectivity index (χ0n) is 19.6. The van der Waals surface area contributed by atoms with Gasteiger partial charge in [0.1, 0.15) is 17.9 Å². The highest BCUT2D eigenvalue weighted by atomic mass is 32.2. The number of sulfonamides is 1. The third-order valence-electron chi connectivity index (χ3n) is 6.12. The molecule has 0 radical (unpaired) electrons. The van der Waals surface area contributed by atoms with Crippen LogP contribution in [0.3, 0.4) is 0 Å². The molecule has 0 spiro atoms. The van der Waals surface area contributed by atoms with E-state index in [-0.39, 0.29) is 10.8 Å². The van der Waals surface area contributed by atoms with E-state index in [2.05, 4.69) is 25.7 Å². The molecule has 0 bridgehead atoms. The van der Waals surface area contributed by atoms with Gasteiger partial charge in [-0.3, -0.25) is 4.79 Å². The Kier molecular flexibility index (Phi) is 6.96. The number of nitrogens with one attached hydrogen (secondary N) is 2. The van der Waals surface area contributed by atoms with Crippen LogP contribution < -0.4 is 10.6 Å². The molecule has 12 heteroatoms. The molecule has 188 valence electrons. The maximum atomic E-state index is 12.8. The molecule has 4 aromatic rings. The number of nitrogens with zero attached hydrogens (tertiary/aromatic N) is 5. The molecule has 0 atom stereocenters. The van der Waals surface area contributed by atoms with Gasteiger partial charge in [0.05, 0.1) is 35.8 Å². The Balaban J connectivity index is 1.18. The number of hydrogen-bond donors (Lipinski definition) is 2. The first-order chi connectivity index (χ1) is 17.5. The van der Waals surface area contributed by atoms with Crippen LogP contribution in [0.25, 0.3) is 11.0 Å². The average molecular weight is 510 g/mol. The molecule has 1 aromatic carbocycles. The first-order valence-electron chi connectivity index (χ1n) is 11.8. The monoisotopic (exact) mass is 509 g/mol. The lowest BCUT2D eigenvalue weighted by atomic mass is 10.2. The average Bonchev–Trinajstić information content (AvgIpc) is 3.58. The fourth-order valence-corrected chi connectivity index (χ4v) is 5.71. The zero-order valence-corrected chi connectivity index (χ0v) is 20.4. The number of anilines is 1. The number of piperidine rings is 1. The van der Waals surface area contributed by atoms with Crippen LogP contribution in [0.5, 0.6) is 0 Å². The summed E-state index contributed by atoms with van der Waals surface area (Å²) in [6, 6.07) is 9.77. The Bertz CT molecular complexity index is 1430. The lowest BCUT2D eigenvalue weighted by Gasteiger charge is -2.25. The topological polar surface area (TPSA) is 135 Å². The van der Waals surface area contributed by atoms with E-state index in [0.717, 1.165) is 30.4 Å². The van der Waals surface area contributed by atoms with Gasteiger partial charge in [-0.05, 0) is 49.2 Å². The van der Waals surface area contributed by atoms with E-state index >= 15 is 0 Å². The Labute approximate surface area is 208 Å². The molecular weight excluding hydrogens is 482 g/mol. The van der Waals surface area contributed by atoms with Crippen LogP contribution in [0, 0.1) is 0 Å².